The summed E-state index contributed by atoms with van der Waals surface area (Å²) in [6, 6.07) is 8.04. The zero-order valence-electron chi connectivity index (χ0n) is 12.2. The van der Waals surface area contributed by atoms with Crippen molar-refractivity contribution in [3.8, 4) is 0 Å². The number of carbonyl (C=O) groups is 1. The van der Waals surface area contributed by atoms with Crippen LogP contribution in [-0.4, -0.2) is 22.0 Å². The highest BCUT2D eigenvalue weighted by Gasteiger charge is 2.21. The first-order chi connectivity index (χ1) is 10.3. The molecule has 5 heteroatoms. The summed E-state index contributed by atoms with van der Waals surface area (Å²) < 4.78 is 2.11. The third kappa shape index (κ3) is 2.91. The first-order valence-corrected chi connectivity index (χ1v) is 7.41. The molecule has 2 heterocycles. The molecule has 1 fully saturated rings. The first-order valence-electron chi connectivity index (χ1n) is 7.41. The lowest BCUT2D eigenvalue weighted by molar-refractivity contribution is -0.117. The molecule has 1 aromatic carbocycles. The number of carbonyl (C=O) groups excluding carboxylic acids is 1. The first kappa shape index (κ1) is 13.7. The van der Waals surface area contributed by atoms with E-state index in [1.54, 1.807) is 0 Å². The number of benzene rings is 1. The van der Waals surface area contributed by atoms with Gasteiger partial charge in [-0.25, -0.2) is 4.98 Å². The summed E-state index contributed by atoms with van der Waals surface area (Å²) in [6.45, 7) is 4.57. The maximum Gasteiger partial charge on any atom is 0.227 e. The van der Waals surface area contributed by atoms with E-state index >= 15 is 0 Å². The lowest BCUT2D eigenvalue weighted by atomic mass is 10.2. The van der Waals surface area contributed by atoms with Crippen LogP contribution in [0.25, 0.3) is 0 Å². The Kier molecular flexibility index (Phi) is 3.90. The van der Waals surface area contributed by atoms with Crippen LogP contribution < -0.4 is 10.2 Å². The number of hydrogen-bond donors (Lipinski definition) is 1. The second-order valence-corrected chi connectivity index (χ2v) is 5.22. The molecule has 0 unspecified atom stereocenters. The van der Waals surface area contributed by atoms with Gasteiger partial charge in [0.2, 0.25) is 5.91 Å². The average Bonchev–Trinajstić information content (AvgIpc) is 3.13. The van der Waals surface area contributed by atoms with Gasteiger partial charge in [-0.2, -0.15) is 0 Å². The highest BCUT2D eigenvalue weighted by atomic mass is 16.2. The molecule has 1 saturated heterocycles. The number of aromatic nitrogens is 2. The van der Waals surface area contributed by atoms with Crippen molar-refractivity contribution in [2.24, 2.45) is 0 Å². The topological polar surface area (TPSA) is 50.2 Å². The molecule has 21 heavy (non-hydrogen) atoms. The number of amides is 1. The van der Waals surface area contributed by atoms with Gasteiger partial charge in [-0.05, 0) is 31.5 Å². The largest absolute Gasteiger partial charge is 0.379 e. The molecule has 1 N–H and O–H groups in total. The zero-order chi connectivity index (χ0) is 14.7. The van der Waals surface area contributed by atoms with Gasteiger partial charge in [0, 0.05) is 37.1 Å². The Balaban J connectivity index is 1.70. The van der Waals surface area contributed by atoms with Crippen molar-refractivity contribution in [3.63, 3.8) is 0 Å². The molecule has 1 aliphatic rings. The maximum absolute atomic E-state index is 11.8. The smallest absolute Gasteiger partial charge is 0.227 e. The van der Waals surface area contributed by atoms with Crippen molar-refractivity contribution in [1.29, 1.82) is 0 Å². The summed E-state index contributed by atoms with van der Waals surface area (Å²) in [6.07, 6.45) is 5.33. The minimum absolute atomic E-state index is 0.219. The minimum atomic E-state index is 0.219. The van der Waals surface area contributed by atoms with Crippen molar-refractivity contribution in [2.75, 3.05) is 16.8 Å². The monoisotopic (exact) mass is 284 g/mol. The van der Waals surface area contributed by atoms with Crippen molar-refractivity contribution < 1.29 is 4.79 Å². The summed E-state index contributed by atoms with van der Waals surface area (Å²) in [5.74, 6) is 0.219. The van der Waals surface area contributed by atoms with Crippen molar-refractivity contribution >= 4 is 17.3 Å². The molecule has 0 saturated carbocycles. The van der Waals surface area contributed by atoms with Crippen molar-refractivity contribution in [3.05, 3.63) is 42.5 Å². The Morgan fingerprint density at radius 3 is 3.05 bits per heavy atom. The van der Waals surface area contributed by atoms with Gasteiger partial charge in [0.25, 0.3) is 0 Å². The fourth-order valence-electron chi connectivity index (χ4n) is 2.68. The van der Waals surface area contributed by atoms with E-state index in [-0.39, 0.29) is 5.91 Å². The number of nitrogens with one attached hydrogen (secondary N) is 1. The molecule has 110 valence electrons. The third-order valence-corrected chi connectivity index (χ3v) is 3.84. The van der Waals surface area contributed by atoms with Gasteiger partial charge in [0.05, 0.1) is 18.6 Å². The molecule has 1 amide bonds. The molecule has 1 aliphatic heterocycles. The Labute approximate surface area is 124 Å². The van der Waals surface area contributed by atoms with E-state index in [2.05, 4.69) is 21.8 Å². The van der Waals surface area contributed by atoms with Gasteiger partial charge >= 0.3 is 0 Å². The van der Waals surface area contributed by atoms with E-state index in [1.807, 2.05) is 41.7 Å². The normalized spacial score (nSPS) is 14.7. The lowest BCUT2D eigenvalue weighted by Crippen LogP contribution is -2.23. The predicted molar refractivity (Wildman–Crippen MR) is 83.3 cm³/mol. The molecular weight excluding hydrogens is 264 g/mol. The maximum atomic E-state index is 11.8. The Morgan fingerprint density at radius 1 is 1.38 bits per heavy atom. The standard InChI is InChI=1S/C16H20N4O/c1-2-19-12-17-10-15(19)11-18-13-5-3-6-14(9-13)20-8-4-7-16(20)21/h3,5-6,9-10,12,18H,2,4,7-8,11H2,1H3. The molecule has 0 bridgehead atoms. The fraction of sp³-hybridized carbons (Fsp3) is 0.375. The molecule has 1 aromatic heterocycles. The molecule has 0 radical (unpaired) electrons. The second kappa shape index (κ2) is 5.99. The summed E-state index contributed by atoms with van der Waals surface area (Å²) in [7, 11) is 0. The molecule has 0 atom stereocenters. The van der Waals surface area contributed by atoms with Crippen LogP contribution in [0.4, 0.5) is 11.4 Å². The Bertz CT molecular complexity index is 635. The van der Waals surface area contributed by atoms with E-state index in [0.29, 0.717) is 6.42 Å². The molecule has 0 spiro atoms. The van der Waals surface area contributed by atoms with Crippen LogP contribution in [0.15, 0.2) is 36.8 Å². The number of nitrogens with zero attached hydrogens (tertiary/aromatic N) is 3. The minimum Gasteiger partial charge on any atom is -0.379 e. The van der Waals surface area contributed by atoms with Crippen molar-refractivity contribution in [1.82, 2.24) is 9.55 Å². The zero-order valence-corrected chi connectivity index (χ0v) is 12.2. The van der Waals surface area contributed by atoms with Gasteiger partial charge in [-0.1, -0.05) is 6.07 Å². The summed E-state index contributed by atoms with van der Waals surface area (Å²) in [5, 5.41) is 3.40. The van der Waals surface area contributed by atoms with Crippen LogP contribution in [0.3, 0.4) is 0 Å². The quantitative estimate of drug-likeness (QED) is 0.918. The molecule has 2 aromatic rings. The molecule has 0 aliphatic carbocycles. The van der Waals surface area contributed by atoms with Crippen LogP contribution in [0, 0.1) is 0 Å². The summed E-state index contributed by atoms with van der Waals surface area (Å²) in [4.78, 5) is 17.8. The SMILES string of the molecule is CCn1cncc1CNc1cccc(N2CCCC2=O)c1. The number of hydrogen-bond acceptors (Lipinski definition) is 3. The van der Waals surface area contributed by atoms with Crippen molar-refractivity contribution in [2.45, 2.75) is 32.9 Å². The lowest BCUT2D eigenvalue weighted by Gasteiger charge is -2.17. The highest BCUT2D eigenvalue weighted by Crippen LogP contribution is 2.24. The highest BCUT2D eigenvalue weighted by molar-refractivity contribution is 5.95. The Hall–Kier alpha value is -2.30. The number of imidazole rings is 1. The van der Waals surface area contributed by atoms with Gasteiger partial charge < -0.3 is 14.8 Å². The van der Waals surface area contributed by atoms with Crippen LogP contribution in [0.5, 0.6) is 0 Å². The van der Waals surface area contributed by atoms with E-state index in [0.717, 1.165) is 43.1 Å². The van der Waals surface area contributed by atoms with E-state index in [1.165, 1.54) is 0 Å². The van der Waals surface area contributed by atoms with Crippen LogP contribution in [0.1, 0.15) is 25.5 Å². The predicted octanol–water partition coefficient (Wildman–Crippen LogP) is 2.64. The number of aryl methyl sites for hydroxylation is 1. The van der Waals surface area contributed by atoms with Crippen LogP contribution in [-0.2, 0) is 17.9 Å². The van der Waals surface area contributed by atoms with Gasteiger partial charge in [0.1, 0.15) is 0 Å². The fourth-order valence-corrected chi connectivity index (χ4v) is 2.68. The average molecular weight is 284 g/mol. The van der Waals surface area contributed by atoms with E-state index in [4.69, 9.17) is 0 Å². The second-order valence-electron chi connectivity index (χ2n) is 5.22. The van der Waals surface area contributed by atoms with Gasteiger partial charge in [0.15, 0.2) is 0 Å². The van der Waals surface area contributed by atoms with Gasteiger partial charge in [-0.3, -0.25) is 4.79 Å². The number of anilines is 2. The van der Waals surface area contributed by atoms with Crippen LogP contribution in [0.2, 0.25) is 0 Å². The molecular formula is C16H20N4O. The van der Waals surface area contributed by atoms with E-state index < -0.39 is 0 Å². The Morgan fingerprint density at radius 2 is 2.29 bits per heavy atom. The molecule has 5 nitrogen and oxygen atoms in total. The van der Waals surface area contributed by atoms with E-state index in [9.17, 15) is 4.79 Å². The number of rotatable bonds is 5. The summed E-state index contributed by atoms with van der Waals surface area (Å²) >= 11 is 0. The van der Waals surface area contributed by atoms with Gasteiger partial charge in [-0.15, -0.1) is 0 Å². The third-order valence-electron chi connectivity index (χ3n) is 3.84. The molecule has 3 rings (SSSR count). The summed E-state index contributed by atoms with van der Waals surface area (Å²) in [5.41, 5.74) is 3.16. The van der Waals surface area contributed by atoms with Crippen LogP contribution >= 0.6 is 0 Å².